The van der Waals surface area contributed by atoms with E-state index in [-0.39, 0.29) is 6.54 Å². The van der Waals surface area contributed by atoms with Gasteiger partial charge in [-0.25, -0.2) is 17.2 Å². The van der Waals surface area contributed by atoms with Crippen molar-refractivity contribution in [3.8, 4) is 0 Å². The van der Waals surface area contributed by atoms with Crippen LogP contribution in [0, 0.1) is 6.92 Å². The molecule has 0 radical (unpaired) electrons. The molecule has 2 rings (SSSR count). The number of aryl methyl sites for hydroxylation is 2. The van der Waals surface area contributed by atoms with E-state index < -0.39 is 22.2 Å². The summed E-state index contributed by atoms with van der Waals surface area (Å²) in [6, 6.07) is 8.77. The van der Waals surface area contributed by atoms with E-state index in [2.05, 4.69) is 4.98 Å². The third-order valence-corrected chi connectivity index (χ3v) is 5.22. The lowest BCUT2D eigenvalue weighted by Crippen LogP contribution is -2.35. The van der Waals surface area contributed by atoms with E-state index in [1.54, 1.807) is 30.5 Å². The quantitative estimate of drug-likeness (QED) is 0.764. The summed E-state index contributed by atoms with van der Waals surface area (Å²) in [5.41, 5.74) is 2.87. The van der Waals surface area contributed by atoms with Gasteiger partial charge in [-0.2, -0.15) is 0 Å². The van der Waals surface area contributed by atoms with Gasteiger partial charge in [0.2, 0.25) is 10.0 Å². The molecule has 0 aliphatic rings. The largest absolute Gasteiger partial charge is 0.266 e. The Labute approximate surface area is 141 Å². The van der Waals surface area contributed by atoms with Gasteiger partial charge in [0.1, 0.15) is 5.75 Å². The molecule has 0 spiro atoms. The number of alkyl halides is 2. The molecule has 1 aromatic heterocycles. The number of sulfonamides is 1. The summed E-state index contributed by atoms with van der Waals surface area (Å²) in [6.07, 6.45) is 0.900. The summed E-state index contributed by atoms with van der Waals surface area (Å²) >= 11 is 0. The number of rotatable bonds is 7. The average molecular weight is 354 g/mol. The summed E-state index contributed by atoms with van der Waals surface area (Å²) in [4.78, 5) is 3.96. The molecule has 0 saturated heterocycles. The van der Waals surface area contributed by atoms with Crippen LogP contribution in [-0.2, 0) is 23.0 Å². The highest BCUT2D eigenvalue weighted by atomic mass is 32.2. The second kappa shape index (κ2) is 7.70. The molecular formula is C17H20F2N2O2S. The fourth-order valence-electron chi connectivity index (χ4n) is 2.45. The van der Waals surface area contributed by atoms with Crippen LogP contribution >= 0.6 is 0 Å². The molecule has 2 aromatic rings. The maximum atomic E-state index is 12.8. The molecule has 0 saturated carbocycles. The Kier molecular flexibility index (Phi) is 5.88. The molecule has 0 fully saturated rings. The van der Waals surface area contributed by atoms with Crippen LogP contribution in [0.2, 0.25) is 0 Å². The number of nitrogens with zero attached hydrogens (tertiary/aromatic N) is 2. The fraction of sp³-hybridized carbons (Fsp3) is 0.353. The Hall–Kier alpha value is -2.02. The molecule has 0 aliphatic carbocycles. The summed E-state index contributed by atoms with van der Waals surface area (Å²) in [6.45, 7) is 3.78. The zero-order chi connectivity index (χ0) is 17.7. The lowest BCUT2D eigenvalue weighted by Gasteiger charge is -2.25. The van der Waals surface area contributed by atoms with E-state index in [1.165, 1.54) is 6.20 Å². The summed E-state index contributed by atoms with van der Waals surface area (Å²) in [5, 5.41) is 0. The highest BCUT2D eigenvalue weighted by molar-refractivity contribution is 7.92. The smallest absolute Gasteiger partial charge is 0.254 e. The maximum absolute atomic E-state index is 12.8. The molecule has 0 bridgehead atoms. The highest BCUT2D eigenvalue weighted by Gasteiger charge is 2.27. The van der Waals surface area contributed by atoms with Crippen molar-refractivity contribution < 1.29 is 17.2 Å². The molecule has 1 heterocycles. The van der Waals surface area contributed by atoms with Gasteiger partial charge in [-0.3, -0.25) is 9.29 Å². The van der Waals surface area contributed by atoms with Gasteiger partial charge in [-0.05, 0) is 48.2 Å². The van der Waals surface area contributed by atoms with Crippen molar-refractivity contribution in [3.63, 3.8) is 0 Å². The molecule has 0 amide bonds. The van der Waals surface area contributed by atoms with Crippen molar-refractivity contribution in [3.05, 3.63) is 59.4 Å². The van der Waals surface area contributed by atoms with Crippen molar-refractivity contribution in [1.82, 2.24) is 4.98 Å². The molecular weight excluding hydrogens is 334 g/mol. The van der Waals surface area contributed by atoms with Crippen LogP contribution in [0.25, 0.3) is 0 Å². The first-order valence-electron chi connectivity index (χ1n) is 7.60. The third-order valence-electron chi connectivity index (χ3n) is 3.54. The van der Waals surface area contributed by atoms with Crippen molar-refractivity contribution in [2.75, 3.05) is 10.1 Å². The first-order chi connectivity index (χ1) is 11.3. The molecule has 0 atom stereocenters. The van der Waals surface area contributed by atoms with Crippen LogP contribution in [0.4, 0.5) is 14.5 Å². The van der Waals surface area contributed by atoms with Gasteiger partial charge in [0.05, 0.1) is 12.2 Å². The van der Waals surface area contributed by atoms with E-state index in [0.717, 1.165) is 21.9 Å². The molecule has 4 nitrogen and oxygen atoms in total. The molecule has 0 unspecified atom stereocenters. The van der Waals surface area contributed by atoms with Gasteiger partial charge in [-0.15, -0.1) is 0 Å². The molecule has 130 valence electrons. The second-order valence-electron chi connectivity index (χ2n) is 5.57. The monoisotopic (exact) mass is 354 g/mol. The Bertz CT molecular complexity index is 780. The Morgan fingerprint density at radius 2 is 1.96 bits per heavy atom. The molecule has 0 aliphatic heterocycles. The summed E-state index contributed by atoms with van der Waals surface area (Å²) in [5.74, 6) is -1.21. The molecule has 0 N–H and O–H groups in total. The van der Waals surface area contributed by atoms with Gasteiger partial charge < -0.3 is 0 Å². The second-order valence-corrected chi connectivity index (χ2v) is 7.51. The molecule has 24 heavy (non-hydrogen) atoms. The van der Waals surface area contributed by atoms with Crippen molar-refractivity contribution in [2.24, 2.45) is 0 Å². The van der Waals surface area contributed by atoms with E-state index in [1.807, 2.05) is 19.9 Å². The number of hydrogen-bond donors (Lipinski definition) is 0. The third kappa shape index (κ3) is 4.74. The van der Waals surface area contributed by atoms with Crippen molar-refractivity contribution >= 4 is 15.7 Å². The van der Waals surface area contributed by atoms with Crippen molar-refractivity contribution in [1.29, 1.82) is 0 Å². The van der Waals surface area contributed by atoms with E-state index in [0.29, 0.717) is 11.3 Å². The summed E-state index contributed by atoms with van der Waals surface area (Å²) in [7, 11) is -4.16. The van der Waals surface area contributed by atoms with Gasteiger partial charge >= 0.3 is 0 Å². The number of hydrogen-bond acceptors (Lipinski definition) is 3. The SMILES string of the molecule is CCc1cc(C)cc(N(Cc2cccnc2)S(=O)(=O)CC(F)F)c1. The Morgan fingerprint density at radius 1 is 1.21 bits per heavy atom. The van der Waals surface area contributed by atoms with E-state index in [9.17, 15) is 17.2 Å². The minimum atomic E-state index is -4.16. The average Bonchev–Trinajstić information content (AvgIpc) is 2.51. The minimum Gasteiger partial charge on any atom is -0.266 e. The van der Waals surface area contributed by atoms with Crippen LogP contribution in [0.1, 0.15) is 23.6 Å². The lowest BCUT2D eigenvalue weighted by molar-refractivity contribution is 0.174. The standard InChI is InChI=1S/C17H20F2N2O2S/c1-3-14-7-13(2)8-16(9-14)21(24(22,23)12-17(18)19)11-15-5-4-6-20-10-15/h4-10,17H,3,11-12H2,1-2H3. The van der Waals surface area contributed by atoms with Gasteiger partial charge in [0, 0.05) is 12.4 Å². The fourth-order valence-corrected chi connectivity index (χ4v) is 3.72. The highest BCUT2D eigenvalue weighted by Crippen LogP contribution is 2.25. The molecule has 1 aromatic carbocycles. The van der Waals surface area contributed by atoms with Crippen LogP contribution in [0.3, 0.4) is 0 Å². The zero-order valence-electron chi connectivity index (χ0n) is 13.6. The first kappa shape index (κ1) is 18.3. The Balaban J connectivity index is 2.48. The number of pyridine rings is 1. The molecule has 7 heteroatoms. The van der Waals surface area contributed by atoms with Crippen molar-refractivity contribution in [2.45, 2.75) is 33.2 Å². The number of anilines is 1. The van der Waals surface area contributed by atoms with Crippen LogP contribution in [0.15, 0.2) is 42.7 Å². The normalized spacial score (nSPS) is 11.7. The maximum Gasteiger partial charge on any atom is 0.254 e. The van der Waals surface area contributed by atoms with E-state index in [4.69, 9.17) is 0 Å². The van der Waals surface area contributed by atoms with Crippen LogP contribution < -0.4 is 4.31 Å². The Morgan fingerprint density at radius 3 is 2.54 bits per heavy atom. The zero-order valence-corrected chi connectivity index (χ0v) is 14.4. The summed E-state index contributed by atoms with van der Waals surface area (Å²) < 4.78 is 51.5. The first-order valence-corrected chi connectivity index (χ1v) is 9.20. The predicted octanol–water partition coefficient (Wildman–Crippen LogP) is 3.55. The van der Waals surface area contributed by atoms with E-state index >= 15 is 0 Å². The lowest BCUT2D eigenvalue weighted by atomic mass is 10.1. The number of halogens is 2. The number of benzene rings is 1. The minimum absolute atomic E-state index is 0.0322. The topological polar surface area (TPSA) is 50.3 Å². The van der Waals surface area contributed by atoms with Crippen LogP contribution in [-0.4, -0.2) is 25.6 Å². The predicted molar refractivity (Wildman–Crippen MR) is 90.8 cm³/mol. The van der Waals surface area contributed by atoms with Gasteiger partial charge in [0.25, 0.3) is 6.43 Å². The van der Waals surface area contributed by atoms with Gasteiger partial charge in [0.15, 0.2) is 0 Å². The van der Waals surface area contributed by atoms with Crippen LogP contribution in [0.5, 0.6) is 0 Å². The van der Waals surface area contributed by atoms with Gasteiger partial charge in [-0.1, -0.05) is 19.1 Å². The number of aromatic nitrogens is 1.